The number of hydrogen-bond acceptors (Lipinski definition) is 5. The first kappa shape index (κ1) is 31.9. The lowest BCUT2D eigenvalue weighted by Crippen LogP contribution is -1.91. The number of pyridine rings is 5. The van der Waals surface area contributed by atoms with Gasteiger partial charge in [-0.2, -0.15) is 0 Å². The Morgan fingerprint density at radius 2 is 0.821 bits per heavy atom. The van der Waals surface area contributed by atoms with Crippen molar-refractivity contribution in [1.29, 1.82) is 0 Å². The first-order valence-electron chi connectivity index (χ1n) is 18.7. The number of rotatable bonds is 5. The molecule has 0 aliphatic carbocycles. The lowest BCUT2D eigenvalue weighted by molar-refractivity contribution is 1.35. The van der Waals surface area contributed by atoms with E-state index in [-0.39, 0.29) is 0 Å². The van der Waals surface area contributed by atoms with Gasteiger partial charge in [0.05, 0.1) is 44.8 Å². The Morgan fingerprint density at radius 3 is 1.54 bits per heavy atom. The van der Waals surface area contributed by atoms with E-state index in [0.717, 1.165) is 111 Å². The molecule has 5 heteroatoms. The van der Waals surface area contributed by atoms with E-state index in [0.29, 0.717) is 0 Å². The zero-order chi connectivity index (χ0) is 37.0. The lowest BCUT2D eigenvalue weighted by atomic mass is 10.00. The van der Waals surface area contributed by atoms with Gasteiger partial charge in [-0.05, 0) is 59.0 Å². The predicted molar refractivity (Wildman–Crippen MR) is 230 cm³/mol. The standard InChI is InChI=1S/C51H31N5/c1-2-5-34(6-3-1)44-24-21-38-15-16-39-22-25-45(56-51(39)50(38)55-44)35-11-9-32(10-12-35)40-17-13-36-19-23-46(53-48(36)29-40)41-18-14-37-20-26-47(54-49(37)30-41)42-8-4-7-33-27-28-52-31-43(33)42/h1-31H. The molecule has 5 nitrogen and oxygen atoms in total. The molecule has 5 aromatic heterocycles. The van der Waals surface area contributed by atoms with E-state index in [1.165, 1.54) is 0 Å². The average Bonchev–Trinajstić information content (AvgIpc) is 3.28. The Kier molecular flexibility index (Phi) is 7.42. The molecule has 0 N–H and O–H groups in total. The van der Waals surface area contributed by atoms with Gasteiger partial charge in [0, 0.05) is 61.6 Å². The van der Waals surface area contributed by atoms with Crippen LogP contribution in [-0.4, -0.2) is 24.9 Å². The third-order valence-corrected chi connectivity index (χ3v) is 10.7. The summed E-state index contributed by atoms with van der Waals surface area (Å²) in [5.41, 5.74) is 13.9. The van der Waals surface area contributed by atoms with Crippen molar-refractivity contribution >= 4 is 54.4 Å². The second-order valence-electron chi connectivity index (χ2n) is 14.2. The second-order valence-corrected chi connectivity index (χ2v) is 14.2. The molecule has 56 heavy (non-hydrogen) atoms. The molecule has 0 aliphatic heterocycles. The van der Waals surface area contributed by atoms with Crippen LogP contribution in [0.1, 0.15) is 0 Å². The van der Waals surface area contributed by atoms with Crippen LogP contribution in [0.5, 0.6) is 0 Å². The topological polar surface area (TPSA) is 64.5 Å². The van der Waals surface area contributed by atoms with Gasteiger partial charge < -0.3 is 0 Å². The maximum Gasteiger partial charge on any atom is 0.0972 e. The van der Waals surface area contributed by atoms with Crippen LogP contribution in [-0.2, 0) is 0 Å². The zero-order valence-electron chi connectivity index (χ0n) is 30.1. The summed E-state index contributed by atoms with van der Waals surface area (Å²) in [7, 11) is 0. The molecule has 0 fully saturated rings. The third kappa shape index (κ3) is 5.62. The van der Waals surface area contributed by atoms with Gasteiger partial charge in [-0.3, -0.25) is 4.98 Å². The van der Waals surface area contributed by atoms with Crippen molar-refractivity contribution in [2.75, 3.05) is 0 Å². The van der Waals surface area contributed by atoms with Gasteiger partial charge in [0.25, 0.3) is 0 Å². The van der Waals surface area contributed by atoms with Gasteiger partial charge in [-0.25, -0.2) is 19.9 Å². The van der Waals surface area contributed by atoms with E-state index in [1.807, 2.05) is 36.7 Å². The first-order chi connectivity index (χ1) is 27.7. The molecule has 0 aliphatic rings. The van der Waals surface area contributed by atoms with Crippen molar-refractivity contribution in [3.05, 3.63) is 188 Å². The highest BCUT2D eigenvalue weighted by molar-refractivity contribution is 6.04. The van der Waals surface area contributed by atoms with Gasteiger partial charge in [0.2, 0.25) is 0 Å². The Balaban J connectivity index is 0.906. The van der Waals surface area contributed by atoms with Crippen LogP contribution in [0.3, 0.4) is 0 Å². The molecule has 11 rings (SSSR count). The Hall–Kier alpha value is -7.63. The quantitative estimate of drug-likeness (QED) is 0.166. The van der Waals surface area contributed by atoms with E-state index in [9.17, 15) is 0 Å². The molecule has 0 spiro atoms. The largest absolute Gasteiger partial charge is 0.264 e. The van der Waals surface area contributed by atoms with Gasteiger partial charge in [-0.15, -0.1) is 0 Å². The van der Waals surface area contributed by atoms with Gasteiger partial charge in [0.1, 0.15) is 0 Å². The summed E-state index contributed by atoms with van der Waals surface area (Å²) in [5, 5.41) is 6.57. The monoisotopic (exact) mass is 713 g/mol. The normalized spacial score (nSPS) is 11.6. The van der Waals surface area contributed by atoms with Gasteiger partial charge in [0.15, 0.2) is 0 Å². The summed E-state index contributed by atoms with van der Waals surface area (Å²) in [5.74, 6) is 0. The van der Waals surface area contributed by atoms with E-state index >= 15 is 0 Å². The van der Waals surface area contributed by atoms with Crippen LogP contribution >= 0.6 is 0 Å². The fourth-order valence-electron chi connectivity index (χ4n) is 7.75. The lowest BCUT2D eigenvalue weighted by Gasteiger charge is -2.10. The molecule has 0 saturated heterocycles. The molecule has 0 amide bonds. The molecule has 0 radical (unpaired) electrons. The summed E-state index contributed by atoms with van der Waals surface area (Å²) in [6, 6.07) is 61.3. The molecule has 5 heterocycles. The fraction of sp³-hybridized carbons (Fsp3) is 0. The summed E-state index contributed by atoms with van der Waals surface area (Å²) >= 11 is 0. The van der Waals surface area contributed by atoms with Crippen molar-refractivity contribution in [2.24, 2.45) is 0 Å². The predicted octanol–water partition coefficient (Wildman–Crippen LogP) is 12.8. The molecule has 0 saturated carbocycles. The number of fused-ring (bicyclic) bond motifs is 6. The van der Waals surface area contributed by atoms with Gasteiger partial charge >= 0.3 is 0 Å². The summed E-state index contributed by atoms with van der Waals surface area (Å²) in [6.45, 7) is 0. The number of aromatic nitrogens is 5. The molecule has 11 aromatic rings. The third-order valence-electron chi connectivity index (χ3n) is 10.7. The van der Waals surface area contributed by atoms with E-state index < -0.39 is 0 Å². The molecule has 0 bridgehead atoms. The minimum Gasteiger partial charge on any atom is -0.264 e. The highest BCUT2D eigenvalue weighted by Crippen LogP contribution is 2.33. The van der Waals surface area contributed by atoms with Crippen LogP contribution in [0.15, 0.2) is 188 Å². The summed E-state index contributed by atoms with van der Waals surface area (Å²) in [4.78, 5) is 24.9. The van der Waals surface area contributed by atoms with Crippen LogP contribution < -0.4 is 0 Å². The van der Waals surface area contributed by atoms with Crippen LogP contribution in [0.25, 0.3) is 111 Å². The van der Waals surface area contributed by atoms with Crippen molar-refractivity contribution in [3.63, 3.8) is 0 Å². The Labute approximate surface area is 322 Å². The maximum atomic E-state index is 5.16. The smallest absolute Gasteiger partial charge is 0.0972 e. The van der Waals surface area contributed by atoms with E-state index in [1.54, 1.807) is 0 Å². The van der Waals surface area contributed by atoms with Gasteiger partial charge in [-0.1, -0.05) is 133 Å². The van der Waals surface area contributed by atoms with Crippen LogP contribution in [0, 0.1) is 0 Å². The second kappa shape index (κ2) is 13.0. The van der Waals surface area contributed by atoms with E-state index in [4.69, 9.17) is 19.9 Å². The molecule has 0 atom stereocenters. The van der Waals surface area contributed by atoms with Crippen molar-refractivity contribution in [1.82, 2.24) is 24.9 Å². The zero-order valence-corrected chi connectivity index (χ0v) is 30.1. The maximum absolute atomic E-state index is 5.16. The van der Waals surface area contributed by atoms with Crippen LogP contribution in [0.4, 0.5) is 0 Å². The highest BCUT2D eigenvalue weighted by atomic mass is 14.8. The summed E-state index contributed by atoms with van der Waals surface area (Å²) in [6.07, 6.45) is 3.74. The van der Waals surface area contributed by atoms with E-state index in [2.05, 4.69) is 157 Å². The SMILES string of the molecule is c1ccc(-c2ccc3ccc4ccc(-c5ccc(-c6ccc7ccc(-c8ccc9ccc(-c%10cccc%11ccncc%10%11)nc9c8)nc7c6)cc5)nc4c3n2)cc1. The fourth-order valence-corrected chi connectivity index (χ4v) is 7.75. The van der Waals surface area contributed by atoms with Crippen molar-refractivity contribution in [2.45, 2.75) is 0 Å². The molecule has 260 valence electrons. The number of benzene rings is 6. The molecule has 6 aromatic carbocycles. The minimum atomic E-state index is 0.906. The minimum absolute atomic E-state index is 0.906. The van der Waals surface area contributed by atoms with Crippen LogP contribution in [0.2, 0.25) is 0 Å². The molecular weight excluding hydrogens is 683 g/mol. The molecular formula is C51H31N5. The number of nitrogens with zero attached hydrogens (tertiary/aromatic N) is 5. The summed E-state index contributed by atoms with van der Waals surface area (Å²) < 4.78 is 0. The first-order valence-corrected chi connectivity index (χ1v) is 18.7. The Bertz CT molecular complexity index is 3300. The average molecular weight is 714 g/mol. The number of hydrogen-bond donors (Lipinski definition) is 0. The van der Waals surface area contributed by atoms with Crippen molar-refractivity contribution < 1.29 is 0 Å². The highest BCUT2D eigenvalue weighted by Gasteiger charge is 2.12. The van der Waals surface area contributed by atoms with Crippen molar-refractivity contribution in [3.8, 4) is 56.2 Å². The Morgan fingerprint density at radius 1 is 0.304 bits per heavy atom. The molecule has 0 unspecified atom stereocenters.